The van der Waals surface area contributed by atoms with Gasteiger partial charge in [-0.05, 0) is 24.1 Å². The lowest BCUT2D eigenvalue weighted by atomic mass is 10.1. The molecule has 7 heteroatoms. The summed E-state index contributed by atoms with van der Waals surface area (Å²) in [7, 11) is -0.445. The van der Waals surface area contributed by atoms with Crippen LogP contribution in [0.15, 0.2) is 23.1 Å². The molecule has 6 nitrogen and oxygen atoms in total. The molecule has 0 spiro atoms. The van der Waals surface area contributed by atoms with Crippen molar-refractivity contribution >= 4 is 10.0 Å². The maximum Gasteiger partial charge on any atom is 0.243 e. The van der Waals surface area contributed by atoms with Crippen LogP contribution in [0.4, 0.5) is 0 Å². The lowest BCUT2D eigenvalue weighted by Gasteiger charge is -2.18. The molecule has 21 heavy (non-hydrogen) atoms. The Balaban J connectivity index is 2.36. The van der Waals surface area contributed by atoms with Crippen molar-refractivity contribution in [2.24, 2.45) is 5.73 Å². The molecule has 1 saturated heterocycles. The molecular formula is C14H22N2O4S. The number of hydrogen-bond acceptors (Lipinski definition) is 5. The number of hydrogen-bond donors (Lipinski definition) is 1. The van der Waals surface area contributed by atoms with Gasteiger partial charge in [0.25, 0.3) is 0 Å². The highest BCUT2D eigenvalue weighted by Gasteiger charge is 2.40. The predicted octanol–water partition coefficient (Wildman–Crippen LogP) is 0.488. The van der Waals surface area contributed by atoms with Crippen LogP contribution < -0.4 is 5.73 Å². The number of methoxy groups -OCH3 is 2. The molecular weight excluding hydrogens is 292 g/mol. The van der Waals surface area contributed by atoms with Crippen LogP contribution >= 0.6 is 0 Å². The summed E-state index contributed by atoms with van der Waals surface area (Å²) in [5.74, 6) is 0. The lowest BCUT2D eigenvalue weighted by molar-refractivity contribution is -0.00461. The van der Waals surface area contributed by atoms with Crippen molar-refractivity contribution in [1.29, 1.82) is 0 Å². The molecule has 0 radical (unpaired) electrons. The normalized spacial score (nSPS) is 23.6. The minimum atomic E-state index is -3.57. The first-order valence-corrected chi connectivity index (χ1v) is 8.24. The molecule has 2 N–H and O–H groups in total. The summed E-state index contributed by atoms with van der Waals surface area (Å²) < 4.78 is 37.7. The highest BCUT2D eigenvalue weighted by atomic mass is 32.2. The van der Waals surface area contributed by atoms with E-state index in [-0.39, 0.29) is 12.2 Å². The quantitative estimate of drug-likeness (QED) is 0.855. The van der Waals surface area contributed by atoms with Crippen molar-refractivity contribution in [3.63, 3.8) is 0 Å². The summed E-state index contributed by atoms with van der Waals surface area (Å²) >= 11 is 0. The zero-order valence-corrected chi connectivity index (χ0v) is 13.4. The van der Waals surface area contributed by atoms with Gasteiger partial charge in [0.15, 0.2) is 0 Å². The van der Waals surface area contributed by atoms with E-state index in [2.05, 4.69) is 0 Å². The van der Waals surface area contributed by atoms with Gasteiger partial charge >= 0.3 is 0 Å². The maximum atomic E-state index is 12.8. The van der Waals surface area contributed by atoms with E-state index in [0.717, 1.165) is 5.56 Å². The molecule has 1 heterocycles. The topological polar surface area (TPSA) is 81.9 Å². The van der Waals surface area contributed by atoms with Crippen molar-refractivity contribution in [3.8, 4) is 0 Å². The van der Waals surface area contributed by atoms with Crippen molar-refractivity contribution in [2.75, 3.05) is 27.3 Å². The molecule has 2 rings (SSSR count). The van der Waals surface area contributed by atoms with Crippen LogP contribution in [0, 0.1) is 6.92 Å². The predicted molar refractivity (Wildman–Crippen MR) is 79.4 cm³/mol. The van der Waals surface area contributed by atoms with Gasteiger partial charge in [-0.15, -0.1) is 0 Å². The van der Waals surface area contributed by atoms with Crippen molar-refractivity contribution < 1.29 is 17.9 Å². The maximum absolute atomic E-state index is 12.8. The van der Waals surface area contributed by atoms with Gasteiger partial charge < -0.3 is 15.2 Å². The fourth-order valence-corrected chi connectivity index (χ4v) is 4.39. The number of ether oxygens (including phenoxy) is 2. The third kappa shape index (κ3) is 2.97. The summed E-state index contributed by atoms with van der Waals surface area (Å²) in [6.45, 7) is 2.69. The number of rotatable bonds is 5. The first-order chi connectivity index (χ1) is 9.95. The molecule has 118 valence electrons. The Morgan fingerprint density at radius 3 is 2.29 bits per heavy atom. The second-order valence-corrected chi connectivity index (χ2v) is 7.02. The first kappa shape index (κ1) is 16.4. The van der Waals surface area contributed by atoms with Gasteiger partial charge in [-0.2, -0.15) is 4.31 Å². The summed E-state index contributed by atoms with van der Waals surface area (Å²) in [4.78, 5) is 0.303. The smallest absolute Gasteiger partial charge is 0.243 e. The fourth-order valence-electron chi connectivity index (χ4n) is 2.66. The Hall–Kier alpha value is -0.990. The van der Waals surface area contributed by atoms with E-state index in [1.165, 1.54) is 4.31 Å². The fraction of sp³-hybridized carbons (Fsp3) is 0.571. The van der Waals surface area contributed by atoms with Gasteiger partial charge in [-0.3, -0.25) is 0 Å². The van der Waals surface area contributed by atoms with Crippen LogP contribution in [-0.4, -0.2) is 52.2 Å². The number of nitrogens with zero attached hydrogens (tertiary/aromatic N) is 1. The van der Waals surface area contributed by atoms with Gasteiger partial charge in [0.2, 0.25) is 10.0 Å². The van der Waals surface area contributed by atoms with Crippen molar-refractivity contribution in [1.82, 2.24) is 4.31 Å². The van der Waals surface area contributed by atoms with E-state index in [9.17, 15) is 8.42 Å². The standard InChI is InChI=1S/C14H22N2O4S/c1-10-11(7-15)5-4-6-14(10)21(17,18)16-8-12(19-2)13(9-16)20-3/h4-6,12-13H,7-9,15H2,1-3H3. The highest BCUT2D eigenvalue weighted by molar-refractivity contribution is 7.89. The van der Waals surface area contributed by atoms with Gasteiger partial charge in [0.1, 0.15) is 0 Å². The summed E-state index contributed by atoms with van der Waals surface area (Å²) in [5.41, 5.74) is 7.19. The Labute approximate surface area is 125 Å². The van der Waals surface area contributed by atoms with E-state index in [1.54, 1.807) is 33.3 Å². The average molecular weight is 314 g/mol. The molecule has 1 aromatic carbocycles. The average Bonchev–Trinajstić information content (AvgIpc) is 2.91. The van der Waals surface area contributed by atoms with E-state index < -0.39 is 10.0 Å². The number of benzene rings is 1. The minimum absolute atomic E-state index is 0.247. The number of nitrogens with two attached hydrogens (primary N) is 1. The highest BCUT2D eigenvalue weighted by Crippen LogP contribution is 2.27. The van der Waals surface area contributed by atoms with Gasteiger partial charge in [0, 0.05) is 33.9 Å². The molecule has 0 aromatic heterocycles. The van der Waals surface area contributed by atoms with Crippen LogP contribution in [0.5, 0.6) is 0 Å². The van der Waals surface area contributed by atoms with Crippen LogP contribution in [-0.2, 0) is 26.0 Å². The third-order valence-electron chi connectivity index (χ3n) is 4.02. The number of sulfonamides is 1. The molecule has 1 aromatic rings. The Bertz CT molecular complexity index is 591. The third-order valence-corrected chi connectivity index (χ3v) is 6.00. The molecule has 1 aliphatic rings. The summed E-state index contributed by atoms with van der Waals surface area (Å²) in [6, 6.07) is 5.18. The second-order valence-electron chi connectivity index (χ2n) is 5.11. The summed E-state index contributed by atoms with van der Waals surface area (Å²) in [6.07, 6.45) is -0.495. The molecule has 0 bridgehead atoms. The van der Waals surface area contributed by atoms with E-state index in [1.807, 2.05) is 6.07 Å². The van der Waals surface area contributed by atoms with Gasteiger partial charge in [-0.1, -0.05) is 12.1 Å². The molecule has 2 unspecified atom stereocenters. The molecule has 0 saturated carbocycles. The van der Waals surface area contributed by atoms with Crippen LogP contribution in [0.3, 0.4) is 0 Å². The molecule has 0 amide bonds. The molecule has 1 fully saturated rings. The molecule has 1 aliphatic heterocycles. The molecule has 2 atom stereocenters. The lowest BCUT2D eigenvalue weighted by Crippen LogP contribution is -2.31. The monoisotopic (exact) mass is 314 g/mol. The second kappa shape index (κ2) is 6.41. The first-order valence-electron chi connectivity index (χ1n) is 6.80. The largest absolute Gasteiger partial charge is 0.377 e. The van der Waals surface area contributed by atoms with Crippen LogP contribution in [0.1, 0.15) is 11.1 Å². The van der Waals surface area contributed by atoms with Crippen molar-refractivity contribution in [2.45, 2.75) is 30.6 Å². The Morgan fingerprint density at radius 1 is 1.24 bits per heavy atom. The zero-order chi connectivity index (χ0) is 15.6. The van der Waals surface area contributed by atoms with Gasteiger partial charge in [0.05, 0.1) is 17.1 Å². The summed E-state index contributed by atoms with van der Waals surface area (Å²) in [5, 5.41) is 0. The van der Waals surface area contributed by atoms with Gasteiger partial charge in [-0.25, -0.2) is 8.42 Å². The molecule has 0 aliphatic carbocycles. The SMILES string of the molecule is COC1CN(S(=O)(=O)c2cccc(CN)c2C)CC1OC. The van der Waals surface area contributed by atoms with E-state index in [4.69, 9.17) is 15.2 Å². The zero-order valence-electron chi connectivity index (χ0n) is 12.6. The van der Waals surface area contributed by atoms with Crippen molar-refractivity contribution in [3.05, 3.63) is 29.3 Å². The van der Waals surface area contributed by atoms with Crippen LogP contribution in [0.2, 0.25) is 0 Å². The Morgan fingerprint density at radius 2 is 1.81 bits per heavy atom. The van der Waals surface area contributed by atoms with E-state index >= 15 is 0 Å². The van der Waals surface area contributed by atoms with E-state index in [0.29, 0.717) is 30.1 Å². The minimum Gasteiger partial charge on any atom is -0.377 e. The Kier molecular flexibility index (Phi) is 5.00. The van der Waals surface area contributed by atoms with Crippen LogP contribution in [0.25, 0.3) is 0 Å².